The van der Waals surface area contributed by atoms with Gasteiger partial charge in [0.25, 0.3) is 9.05 Å². The van der Waals surface area contributed by atoms with E-state index in [-0.39, 0.29) is 27.1 Å². The molecule has 0 saturated carbocycles. The molecular formula is C10H9Cl3O4S. The van der Waals surface area contributed by atoms with Crippen molar-refractivity contribution in [3.63, 3.8) is 0 Å². The topological polar surface area (TPSA) is 60.4 Å². The lowest BCUT2D eigenvalue weighted by molar-refractivity contribution is 0.0505. The van der Waals surface area contributed by atoms with E-state index in [0.29, 0.717) is 6.42 Å². The van der Waals surface area contributed by atoms with E-state index in [4.69, 9.17) is 38.6 Å². The first kappa shape index (κ1) is 15.6. The number of benzene rings is 1. The van der Waals surface area contributed by atoms with Crippen LogP contribution >= 0.6 is 33.9 Å². The highest BCUT2D eigenvalue weighted by atomic mass is 35.7. The Labute approximate surface area is 119 Å². The van der Waals surface area contributed by atoms with Crippen molar-refractivity contribution in [1.82, 2.24) is 0 Å². The van der Waals surface area contributed by atoms with Crippen LogP contribution in [-0.4, -0.2) is 21.0 Å². The SMILES string of the molecule is CCCOC(=O)c1cc(S(=O)(=O)Cl)c(Cl)cc1Cl. The molecule has 1 aromatic rings. The molecule has 0 fully saturated rings. The van der Waals surface area contributed by atoms with Crippen LogP contribution in [0.15, 0.2) is 17.0 Å². The van der Waals surface area contributed by atoms with Crippen molar-refractivity contribution < 1.29 is 17.9 Å². The Morgan fingerprint density at radius 1 is 1.28 bits per heavy atom. The van der Waals surface area contributed by atoms with E-state index >= 15 is 0 Å². The summed E-state index contributed by atoms with van der Waals surface area (Å²) in [5.74, 6) is -0.722. The third kappa shape index (κ3) is 3.75. The summed E-state index contributed by atoms with van der Waals surface area (Å²) in [7, 11) is 1.14. The molecule has 0 aromatic heterocycles. The Morgan fingerprint density at radius 2 is 1.89 bits per heavy atom. The van der Waals surface area contributed by atoms with E-state index in [9.17, 15) is 13.2 Å². The molecule has 0 radical (unpaired) electrons. The summed E-state index contributed by atoms with van der Waals surface area (Å²) < 4.78 is 27.3. The molecule has 0 aliphatic heterocycles. The molecule has 1 aromatic carbocycles. The molecule has 0 heterocycles. The van der Waals surface area contributed by atoms with Crippen LogP contribution in [0, 0.1) is 0 Å². The third-order valence-corrected chi connectivity index (χ3v) is 4.04. The molecule has 1 rings (SSSR count). The van der Waals surface area contributed by atoms with Gasteiger partial charge in [-0.2, -0.15) is 0 Å². The molecular weight excluding hydrogens is 323 g/mol. The summed E-state index contributed by atoms with van der Waals surface area (Å²) in [5, 5.41) is -0.146. The van der Waals surface area contributed by atoms with Crippen molar-refractivity contribution in [2.75, 3.05) is 6.61 Å². The number of hydrogen-bond acceptors (Lipinski definition) is 4. The first-order valence-corrected chi connectivity index (χ1v) is 7.94. The Kier molecular flexibility index (Phi) is 5.28. The molecule has 0 spiro atoms. The van der Waals surface area contributed by atoms with E-state index < -0.39 is 15.0 Å². The first-order chi connectivity index (χ1) is 8.27. The van der Waals surface area contributed by atoms with Gasteiger partial charge in [0.1, 0.15) is 4.90 Å². The number of rotatable bonds is 4. The quantitative estimate of drug-likeness (QED) is 0.626. The third-order valence-electron chi connectivity index (χ3n) is 1.94. The number of carbonyl (C=O) groups is 1. The van der Waals surface area contributed by atoms with E-state index in [1.54, 1.807) is 0 Å². The lowest BCUT2D eigenvalue weighted by atomic mass is 10.2. The molecule has 0 amide bonds. The second-order valence-electron chi connectivity index (χ2n) is 3.34. The molecule has 0 N–H and O–H groups in total. The molecule has 18 heavy (non-hydrogen) atoms. The van der Waals surface area contributed by atoms with E-state index in [0.717, 1.165) is 12.1 Å². The van der Waals surface area contributed by atoms with Crippen molar-refractivity contribution in [2.45, 2.75) is 18.2 Å². The summed E-state index contributed by atoms with van der Waals surface area (Å²) in [6.45, 7) is 2.03. The standard InChI is InChI=1S/C10H9Cl3O4S/c1-2-3-17-10(14)6-4-9(18(13,15)16)8(12)5-7(6)11/h4-5H,2-3H2,1H3. The summed E-state index contributed by atoms with van der Waals surface area (Å²) in [6.07, 6.45) is 0.637. The average molecular weight is 332 g/mol. The van der Waals surface area contributed by atoms with Crippen molar-refractivity contribution in [3.8, 4) is 0 Å². The largest absolute Gasteiger partial charge is 0.462 e. The van der Waals surface area contributed by atoms with E-state index in [2.05, 4.69) is 0 Å². The van der Waals surface area contributed by atoms with Crippen molar-refractivity contribution in [2.24, 2.45) is 0 Å². The molecule has 0 atom stereocenters. The molecule has 0 saturated heterocycles. The van der Waals surface area contributed by atoms with Gasteiger partial charge in [-0.3, -0.25) is 0 Å². The second kappa shape index (κ2) is 6.10. The van der Waals surface area contributed by atoms with Crippen LogP contribution in [0.1, 0.15) is 23.7 Å². The lowest BCUT2D eigenvalue weighted by Crippen LogP contribution is -2.08. The lowest BCUT2D eigenvalue weighted by Gasteiger charge is -2.07. The van der Waals surface area contributed by atoms with Gasteiger partial charge in [0.15, 0.2) is 0 Å². The van der Waals surface area contributed by atoms with Gasteiger partial charge in [0.05, 0.1) is 22.2 Å². The summed E-state index contributed by atoms with van der Waals surface area (Å²) in [4.78, 5) is 11.3. The molecule has 100 valence electrons. The van der Waals surface area contributed by atoms with Crippen LogP contribution in [-0.2, 0) is 13.8 Å². The zero-order chi connectivity index (χ0) is 13.9. The Hall–Kier alpha value is -0.490. The molecule has 0 aliphatic carbocycles. The van der Waals surface area contributed by atoms with E-state index in [1.165, 1.54) is 0 Å². The Balaban J connectivity index is 3.26. The Bertz CT molecular complexity index is 569. The molecule has 8 heteroatoms. The molecule has 0 unspecified atom stereocenters. The summed E-state index contributed by atoms with van der Waals surface area (Å²) in [6, 6.07) is 2.14. The van der Waals surface area contributed by atoms with Gasteiger partial charge >= 0.3 is 5.97 Å². The fraction of sp³-hybridized carbons (Fsp3) is 0.300. The van der Waals surface area contributed by atoms with Crippen molar-refractivity contribution in [1.29, 1.82) is 0 Å². The predicted octanol–water partition coefficient (Wildman–Crippen LogP) is 3.49. The maximum Gasteiger partial charge on any atom is 0.339 e. The van der Waals surface area contributed by atoms with Crippen LogP contribution in [0.25, 0.3) is 0 Å². The number of ether oxygens (including phenoxy) is 1. The first-order valence-electron chi connectivity index (χ1n) is 4.88. The highest BCUT2D eigenvalue weighted by molar-refractivity contribution is 8.13. The van der Waals surface area contributed by atoms with Gasteiger partial charge in [-0.25, -0.2) is 13.2 Å². The van der Waals surface area contributed by atoms with Gasteiger partial charge in [-0.15, -0.1) is 0 Å². The second-order valence-corrected chi connectivity index (χ2v) is 6.69. The van der Waals surface area contributed by atoms with Gasteiger partial charge in [0, 0.05) is 10.7 Å². The van der Waals surface area contributed by atoms with Crippen LogP contribution < -0.4 is 0 Å². The average Bonchev–Trinajstić information content (AvgIpc) is 2.24. The van der Waals surface area contributed by atoms with Crippen LogP contribution in [0.5, 0.6) is 0 Å². The monoisotopic (exact) mass is 330 g/mol. The fourth-order valence-corrected chi connectivity index (χ4v) is 2.96. The summed E-state index contributed by atoms with van der Waals surface area (Å²) >= 11 is 11.5. The number of esters is 1. The predicted molar refractivity (Wildman–Crippen MR) is 70.1 cm³/mol. The number of hydrogen-bond donors (Lipinski definition) is 0. The minimum Gasteiger partial charge on any atom is -0.462 e. The summed E-state index contributed by atoms with van der Waals surface area (Å²) in [5.41, 5.74) is -0.0891. The maximum atomic E-state index is 11.6. The van der Waals surface area contributed by atoms with Crippen molar-refractivity contribution >= 4 is 48.9 Å². The Morgan fingerprint density at radius 3 is 2.39 bits per heavy atom. The zero-order valence-corrected chi connectivity index (χ0v) is 12.3. The van der Waals surface area contributed by atoms with Crippen LogP contribution in [0.3, 0.4) is 0 Å². The van der Waals surface area contributed by atoms with Gasteiger partial charge < -0.3 is 4.74 Å². The zero-order valence-electron chi connectivity index (χ0n) is 9.24. The van der Waals surface area contributed by atoms with Gasteiger partial charge in [0.2, 0.25) is 0 Å². The smallest absolute Gasteiger partial charge is 0.339 e. The maximum absolute atomic E-state index is 11.6. The van der Waals surface area contributed by atoms with Crippen molar-refractivity contribution in [3.05, 3.63) is 27.7 Å². The van der Waals surface area contributed by atoms with Crippen LogP contribution in [0.2, 0.25) is 10.0 Å². The number of carbonyl (C=O) groups excluding carboxylic acids is 1. The molecule has 0 aliphatic rings. The van der Waals surface area contributed by atoms with E-state index in [1.807, 2.05) is 6.92 Å². The minimum absolute atomic E-state index is 0.00479. The number of halogens is 3. The minimum atomic E-state index is -4.05. The van der Waals surface area contributed by atoms with Crippen LogP contribution in [0.4, 0.5) is 0 Å². The van der Waals surface area contributed by atoms with Gasteiger partial charge in [-0.1, -0.05) is 30.1 Å². The van der Waals surface area contributed by atoms with Gasteiger partial charge in [-0.05, 0) is 18.6 Å². The highest BCUT2D eigenvalue weighted by Crippen LogP contribution is 2.31. The molecule has 4 nitrogen and oxygen atoms in total. The highest BCUT2D eigenvalue weighted by Gasteiger charge is 2.21. The molecule has 0 bridgehead atoms. The fourth-order valence-electron chi connectivity index (χ4n) is 1.14. The normalized spacial score (nSPS) is 11.3.